The van der Waals surface area contributed by atoms with Crippen molar-refractivity contribution in [3.05, 3.63) is 46.4 Å². The zero-order valence-corrected chi connectivity index (χ0v) is 21.5. The molecule has 2 amide bonds. The molecule has 0 bridgehead atoms. The maximum Gasteiger partial charge on any atom is 0.344 e. The van der Waals surface area contributed by atoms with Gasteiger partial charge in [-0.1, -0.05) is 0 Å². The molecule has 0 fully saturated rings. The second-order valence-electron chi connectivity index (χ2n) is 7.03. The number of esters is 1. The predicted octanol–water partition coefficient (Wildman–Crippen LogP) is 3.52. The Morgan fingerprint density at radius 3 is 2.40 bits per heavy atom. The number of hydrogen-bond donors (Lipinski definition) is 2. The van der Waals surface area contributed by atoms with Crippen LogP contribution in [0.4, 0.5) is 5.69 Å². The van der Waals surface area contributed by atoms with Gasteiger partial charge in [0.25, 0.3) is 5.91 Å². The van der Waals surface area contributed by atoms with Crippen molar-refractivity contribution in [1.29, 1.82) is 0 Å². The van der Waals surface area contributed by atoms with Crippen molar-refractivity contribution in [1.82, 2.24) is 5.43 Å². The van der Waals surface area contributed by atoms with Gasteiger partial charge >= 0.3 is 5.97 Å². The average molecular weight is 550 g/mol. The molecule has 0 radical (unpaired) electrons. The predicted molar refractivity (Wildman–Crippen MR) is 134 cm³/mol. The Morgan fingerprint density at radius 2 is 1.77 bits per heavy atom. The molecule has 0 spiro atoms. The van der Waals surface area contributed by atoms with E-state index in [4.69, 9.17) is 18.9 Å². The summed E-state index contributed by atoms with van der Waals surface area (Å²) in [4.78, 5) is 36.3. The van der Waals surface area contributed by atoms with Crippen LogP contribution >= 0.6 is 15.9 Å². The number of nitrogens with one attached hydrogen (secondary N) is 2. The van der Waals surface area contributed by atoms with Crippen LogP contribution in [-0.2, 0) is 19.1 Å². The molecule has 0 saturated heterocycles. The summed E-state index contributed by atoms with van der Waals surface area (Å²) < 4.78 is 21.6. The van der Waals surface area contributed by atoms with Gasteiger partial charge in [-0.05, 0) is 78.7 Å². The number of methoxy groups -OCH3 is 1. The number of hydrazone groups is 1. The van der Waals surface area contributed by atoms with E-state index < -0.39 is 23.7 Å². The van der Waals surface area contributed by atoms with Crippen molar-refractivity contribution >= 4 is 45.6 Å². The number of benzene rings is 2. The van der Waals surface area contributed by atoms with Gasteiger partial charge in [0, 0.05) is 5.69 Å². The van der Waals surface area contributed by atoms with E-state index in [9.17, 15) is 14.4 Å². The minimum atomic E-state index is -0.987. The molecule has 0 aliphatic rings. The highest BCUT2D eigenvalue weighted by Crippen LogP contribution is 2.36. The van der Waals surface area contributed by atoms with Gasteiger partial charge in [0.15, 0.2) is 18.1 Å². The first-order valence-corrected chi connectivity index (χ1v) is 11.6. The van der Waals surface area contributed by atoms with Gasteiger partial charge < -0.3 is 24.3 Å². The summed E-state index contributed by atoms with van der Waals surface area (Å²) in [6, 6.07) is 10.1. The molecule has 1 atom stereocenters. The van der Waals surface area contributed by atoms with Crippen LogP contribution in [0.1, 0.15) is 26.3 Å². The van der Waals surface area contributed by atoms with Crippen LogP contribution < -0.4 is 25.0 Å². The highest BCUT2D eigenvalue weighted by atomic mass is 79.9. The van der Waals surface area contributed by atoms with E-state index in [0.29, 0.717) is 39.6 Å². The molecule has 2 N–H and O–H groups in total. The van der Waals surface area contributed by atoms with E-state index in [1.165, 1.54) is 13.1 Å². The number of anilines is 1. The van der Waals surface area contributed by atoms with Crippen LogP contribution in [-0.4, -0.2) is 50.9 Å². The van der Waals surface area contributed by atoms with Gasteiger partial charge in [-0.15, -0.1) is 0 Å². The minimum absolute atomic E-state index is 0.255. The van der Waals surface area contributed by atoms with Gasteiger partial charge in [-0.3, -0.25) is 9.59 Å². The smallest absolute Gasteiger partial charge is 0.344 e. The Morgan fingerprint density at radius 1 is 1.06 bits per heavy atom. The monoisotopic (exact) mass is 549 g/mol. The molecular formula is C24H28BrN3O7. The molecular weight excluding hydrogens is 522 g/mol. The van der Waals surface area contributed by atoms with E-state index in [1.807, 2.05) is 6.92 Å². The highest BCUT2D eigenvalue weighted by molar-refractivity contribution is 9.10. The zero-order valence-electron chi connectivity index (χ0n) is 19.9. The first kappa shape index (κ1) is 27.6. The first-order valence-electron chi connectivity index (χ1n) is 10.8. The fraction of sp³-hybridized carbons (Fsp3) is 0.333. The van der Waals surface area contributed by atoms with Gasteiger partial charge in [0.1, 0.15) is 11.7 Å². The number of halogens is 1. The van der Waals surface area contributed by atoms with Gasteiger partial charge in [-0.2, -0.15) is 5.10 Å². The molecule has 2 aromatic carbocycles. The Hall–Kier alpha value is -3.60. The van der Waals surface area contributed by atoms with Crippen LogP contribution in [0.2, 0.25) is 0 Å². The van der Waals surface area contributed by atoms with Crippen LogP contribution in [0, 0.1) is 5.92 Å². The van der Waals surface area contributed by atoms with Crippen LogP contribution in [0.15, 0.2) is 46.0 Å². The fourth-order valence-corrected chi connectivity index (χ4v) is 3.28. The third kappa shape index (κ3) is 8.60. The summed E-state index contributed by atoms with van der Waals surface area (Å²) >= 11 is 3.39. The summed E-state index contributed by atoms with van der Waals surface area (Å²) in [6.45, 7) is 5.34. The third-order valence-corrected chi connectivity index (χ3v) is 5.09. The van der Waals surface area contributed by atoms with Gasteiger partial charge in [-0.25, -0.2) is 10.2 Å². The number of hydrogen-bond acceptors (Lipinski definition) is 8. The number of nitrogens with zero attached hydrogens (tertiary/aromatic N) is 1. The lowest BCUT2D eigenvalue weighted by Crippen LogP contribution is -2.34. The van der Waals surface area contributed by atoms with Gasteiger partial charge in [0.2, 0.25) is 5.91 Å². The summed E-state index contributed by atoms with van der Waals surface area (Å²) in [5.41, 5.74) is 3.48. The third-order valence-electron chi connectivity index (χ3n) is 4.50. The Kier molecular flexibility index (Phi) is 11.0. The lowest BCUT2D eigenvalue weighted by atomic mass is 10.1. The zero-order chi connectivity index (χ0) is 25.8. The number of carbonyl (C=O) groups excluding carboxylic acids is 3. The van der Waals surface area contributed by atoms with Crippen molar-refractivity contribution < 1.29 is 33.3 Å². The van der Waals surface area contributed by atoms with Crippen molar-refractivity contribution in [3.8, 4) is 17.2 Å². The Labute approximate surface area is 212 Å². The average Bonchev–Trinajstić information content (AvgIpc) is 2.83. The fourth-order valence-electron chi connectivity index (χ4n) is 2.71. The molecule has 1 unspecified atom stereocenters. The van der Waals surface area contributed by atoms with E-state index in [1.54, 1.807) is 50.4 Å². The van der Waals surface area contributed by atoms with Crippen molar-refractivity contribution in [2.24, 2.45) is 11.0 Å². The van der Waals surface area contributed by atoms with Crippen molar-refractivity contribution in [2.45, 2.75) is 20.8 Å². The van der Waals surface area contributed by atoms with E-state index in [0.717, 1.165) is 0 Å². The molecule has 188 valence electrons. The van der Waals surface area contributed by atoms with E-state index in [-0.39, 0.29) is 13.2 Å². The quantitative estimate of drug-likeness (QED) is 0.179. The van der Waals surface area contributed by atoms with Crippen molar-refractivity contribution in [2.75, 3.05) is 32.2 Å². The number of carbonyl (C=O) groups is 3. The van der Waals surface area contributed by atoms with Crippen LogP contribution in [0.25, 0.3) is 0 Å². The molecule has 10 nitrogen and oxygen atoms in total. The molecule has 0 aromatic heterocycles. The Balaban J connectivity index is 2.00. The topological polar surface area (TPSA) is 125 Å². The number of ether oxygens (including phenoxy) is 4. The van der Waals surface area contributed by atoms with Gasteiger partial charge in [0.05, 0.1) is 31.0 Å². The largest absolute Gasteiger partial charge is 0.497 e. The molecule has 2 rings (SSSR count). The highest BCUT2D eigenvalue weighted by Gasteiger charge is 2.21. The maximum atomic E-state index is 12.4. The Bertz CT molecular complexity index is 1060. The summed E-state index contributed by atoms with van der Waals surface area (Å²) in [5.74, 6) is -1.17. The summed E-state index contributed by atoms with van der Waals surface area (Å²) in [6.07, 6.45) is 1.40. The second kappa shape index (κ2) is 14.0. The van der Waals surface area contributed by atoms with Crippen LogP contribution in [0.3, 0.4) is 0 Å². The molecule has 2 aromatic rings. The molecule has 0 aliphatic heterocycles. The summed E-state index contributed by atoms with van der Waals surface area (Å²) in [5, 5.41) is 6.60. The maximum absolute atomic E-state index is 12.4. The lowest BCUT2D eigenvalue weighted by molar-refractivity contribution is -0.145. The first-order chi connectivity index (χ1) is 16.8. The van der Waals surface area contributed by atoms with Crippen molar-refractivity contribution in [3.63, 3.8) is 0 Å². The van der Waals surface area contributed by atoms with E-state index >= 15 is 0 Å². The minimum Gasteiger partial charge on any atom is -0.497 e. The second-order valence-corrected chi connectivity index (χ2v) is 7.88. The SMILES string of the molecule is CCOC(=O)COc1c(Br)cc(C=NNC(=O)C(C)C(=O)Nc2ccc(OC)cc2)cc1OCC. The molecule has 35 heavy (non-hydrogen) atoms. The molecule has 0 heterocycles. The number of amides is 2. The normalized spacial score (nSPS) is 11.5. The molecule has 0 saturated carbocycles. The van der Waals surface area contributed by atoms with E-state index in [2.05, 4.69) is 31.8 Å². The molecule has 0 aliphatic carbocycles. The number of rotatable bonds is 12. The molecule has 11 heteroatoms. The van der Waals surface area contributed by atoms with Crippen LogP contribution in [0.5, 0.6) is 17.2 Å². The lowest BCUT2D eigenvalue weighted by Gasteiger charge is -2.14. The summed E-state index contributed by atoms with van der Waals surface area (Å²) in [7, 11) is 1.55. The standard InChI is InChI=1S/C24H28BrN3O7/c1-5-33-20-12-16(11-19(25)22(20)35-14-21(29)34-6-2)13-26-28-24(31)15(3)23(30)27-17-7-9-18(32-4)10-8-17/h7-13,15H,5-6,14H2,1-4H3,(H,27,30)(H,28,31).